The van der Waals surface area contributed by atoms with Crippen molar-refractivity contribution in [3.63, 3.8) is 0 Å². The lowest BCUT2D eigenvalue weighted by molar-refractivity contribution is -0.141. The van der Waals surface area contributed by atoms with Crippen molar-refractivity contribution in [3.8, 4) is 0 Å². The van der Waals surface area contributed by atoms with Gasteiger partial charge in [0.2, 0.25) is 0 Å². The molecule has 0 bridgehead atoms. The fraction of sp³-hybridized carbons (Fsp3) is 0.600. The number of likely N-dealkylation sites (N-methyl/N-ethyl adjacent to an activating group) is 1. The SMILES string of the molecule is CN1C[C@@H](C(=O)O)[C@H](c2cn(C)cn2)C1. The number of hydrogen-bond donors (Lipinski definition) is 1. The Morgan fingerprint density at radius 2 is 2.27 bits per heavy atom. The van der Waals surface area contributed by atoms with Crippen LogP contribution in [0, 0.1) is 5.92 Å². The number of imidazole rings is 1. The summed E-state index contributed by atoms with van der Waals surface area (Å²) in [6, 6.07) is 0. The molecule has 2 rings (SSSR count). The van der Waals surface area contributed by atoms with Gasteiger partial charge in [-0.1, -0.05) is 0 Å². The highest BCUT2D eigenvalue weighted by Crippen LogP contribution is 2.30. The average molecular weight is 209 g/mol. The van der Waals surface area contributed by atoms with Crippen molar-refractivity contribution >= 4 is 5.97 Å². The van der Waals surface area contributed by atoms with Gasteiger partial charge in [0.1, 0.15) is 0 Å². The molecule has 1 aromatic rings. The van der Waals surface area contributed by atoms with Crippen molar-refractivity contribution < 1.29 is 9.90 Å². The molecule has 1 N–H and O–H groups in total. The second kappa shape index (κ2) is 3.66. The van der Waals surface area contributed by atoms with Crippen LogP contribution < -0.4 is 0 Å². The van der Waals surface area contributed by atoms with E-state index in [0.29, 0.717) is 6.54 Å². The quantitative estimate of drug-likeness (QED) is 0.753. The van der Waals surface area contributed by atoms with Gasteiger partial charge >= 0.3 is 5.97 Å². The summed E-state index contributed by atoms with van der Waals surface area (Å²) >= 11 is 0. The molecular weight excluding hydrogens is 194 g/mol. The van der Waals surface area contributed by atoms with Crippen LogP contribution >= 0.6 is 0 Å². The average Bonchev–Trinajstić information content (AvgIpc) is 2.71. The third-order valence-corrected chi connectivity index (χ3v) is 2.92. The highest BCUT2D eigenvalue weighted by molar-refractivity contribution is 5.72. The van der Waals surface area contributed by atoms with Crippen molar-refractivity contribution in [1.29, 1.82) is 0 Å². The summed E-state index contributed by atoms with van der Waals surface area (Å²) in [5.74, 6) is -1.03. The standard InChI is InChI=1S/C10H15N3O2/c1-12-3-7(8(4-12)10(14)15)9-5-13(2)6-11-9/h5-8H,3-4H2,1-2H3,(H,14,15)/t7-,8-/m1/s1. The zero-order valence-electron chi connectivity index (χ0n) is 8.92. The van der Waals surface area contributed by atoms with Gasteiger partial charge in [0.05, 0.1) is 17.9 Å². The van der Waals surface area contributed by atoms with Gasteiger partial charge in [-0.2, -0.15) is 0 Å². The van der Waals surface area contributed by atoms with Crippen molar-refractivity contribution in [1.82, 2.24) is 14.5 Å². The molecule has 1 aliphatic rings. The van der Waals surface area contributed by atoms with E-state index in [1.807, 2.05) is 29.8 Å². The first kappa shape index (κ1) is 10.2. The number of carbonyl (C=O) groups is 1. The van der Waals surface area contributed by atoms with Crippen LogP contribution in [0.25, 0.3) is 0 Å². The van der Waals surface area contributed by atoms with E-state index < -0.39 is 5.97 Å². The molecule has 2 atom stereocenters. The topological polar surface area (TPSA) is 58.4 Å². The molecule has 1 fully saturated rings. The molecule has 15 heavy (non-hydrogen) atoms. The van der Waals surface area contributed by atoms with Crippen LogP contribution in [-0.2, 0) is 11.8 Å². The molecule has 1 aromatic heterocycles. The molecular formula is C10H15N3O2. The summed E-state index contributed by atoms with van der Waals surface area (Å²) in [4.78, 5) is 17.4. The van der Waals surface area contributed by atoms with Gasteiger partial charge in [0.25, 0.3) is 0 Å². The minimum absolute atomic E-state index is 0.0219. The summed E-state index contributed by atoms with van der Waals surface area (Å²) in [6.45, 7) is 1.38. The fourth-order valence-electron chi connectivity index (χ4n) is 2.17. The second-order valence-electron chi connectivity index (χ2n) is 4.24. The third-order valence-electron chi connectivity index (χ3n) is 2.92. The lowest BCUT2D eigenvalue weighted by Crippen LogP contribution is -2.21. The summed E-state index contributed by atoms with van der Waals surface area (Å²) < 4.78 is 1.85. The molecule has 1 saturated heterocycles. The molecule has 0 unspecified atom stereocenters. The van der Waals surface area contributed by atoms with E-state index in [1.54, 1.807) is 6.33 Å². The smallest absolute Gasteiger partial charge is 0.308 e. The predicted molar refractivity (Wildman–Crippen MR) is 54.6 cm³/mol. The van der Waals surface area contributed by atoms with Crippen LogP contribution in [0.1, 0.15) is 11.6 Å². The van der Waals surface area contributed by atoms with E-state index in [-0.39, 0.29) is 11.8 Å². The summed E-state index contributed by atoms with van der Waals surface area (Å²) in [5.41, 5.74) is 0.884. The number of hydrogen-bond acceptors (Lipinski definition) is 3. The molecule has 0 aliphatic carbocycles. The largest absolute Gasteiger partial charge is 0.481 e. The molecule has 0 saturated carbocycles. The monoisotopic (exact) mass is 209 g/mol. The molecule has 2 heterocycles. The minimum Gasteiger partial charge on any atom is -0.481 e. The number of aryl methyl sites for hydroxylation is 1. The Labute approximate surface area is 88.3 Å². The summed E-state index contributed by atoms with van der Waals surface area (Å²) in [5, 5.41) is 9.11. The van der Waals surface area contributed by atoms with Crippen LogP contribution in [0.3, 0.4) is 0 Å². The normalized spacial score (nSPS) is 27.1. The van der Waals surface area contributed by atoms with Crippen molar-refractivity contribution in [3.05, 3.63) is 18.2 Å². The maximum absolute atomic E-state index is 11.1. The molecule has 5 heteroatoms. The minimum atomic E-state index is -0.727. The molecule has 0 spiro atoms. The van der Waals surface area contributed by atoms with Crippen LogP contribution in [-0.4, -0.2) is 45.7 Å². The number of carboxylic acids is 1. The highest BCUT2D eigenvalue weighted by Gasteiger charge is 2.38. The Bertz CT molecular complexity index is 374. The summed E-state index contributed by atoms with van der Waals surface area (Å²) in [7, 11) is 3.84. The van der Waals surface area contributed by atoms with Gasteiger partial charge < -0.3 is 14.6 Å². The molecule has 82 valence electrons. The third kappa shape index (κ3) is 1.87. The van der Waals surface area contributed by atoms with Crippen LogP contribution in [0.2, 0.25) is 0 Å². The maximum atomic E-state index is 11.1. The molecule has 0 aromatic carbocycles. The highest BCUT2D eigenvalue weighted by atomic mass is 16.4. The molecule has 0 radical (unpaired) electrons. The van der Waals surface area contributed by atoms with Gasteiger partial charge in [-0.25, -0.2) is 4.98 Å². The maximum Gasteiger partial charge on any atom is 0.308 e. The van der Waals surface area contributed by atoms with Gasteiger partial charge in [0.15, 0.2) is 0 Å². The Morgan fingerprint density at radius 3 is 2.80 bits per heavy atom. The number of aliphatic carboxylic acids is 1. The van der Waals surface area contributed by atoms with Crippen molar-refractivity contribution in [2.24, 2.45) is 13.0 Å². The molecule has 1 aliphatic heterocycles. The zero-order chi connectivity index (χ0) is 11.0. The van der Waals surface area contributed by atoms with Gasteiger partial charge in [0, 0.05) is 32.3 Å². The fourth-order valence-corrected chi connectivity index (χ4v) is 2.17. The van der Waals surface area contributed by atoms with Crippen LogP contribution in [0.5, 0.6) is 0 Å². The number of nitrogens with zero attached hydrogens (tertiary/aromatic N) is 3. The second-order valence-corrected chi connectivity index (χ2v) is 4.24. The Hall–Kier alpha value is -1.36. The molecule has 0 amide bonds. The van der Waals surface area contributed by atoms with Crippen LogP contribution in [0.4, 0.5) is 0 Å². The van der Waals surface area contributed by atoms with E-state index in [9.17, 15) is 4.79 Å². The summed E-state index contributed by atoms with van der Waals surface area (Å²) in [6.07, 6.45) is 3.62. The predicted octanol–water partition coefficient (Wildman–Crippen LogP) is 0.150. The number of carboxylic acid groups (broad SMARTS) is 1. The van der Waals surface area contributed by atoms with Gasteiger partial charge in [-0.05, 0) is 7.05 Å². The number of likely N-dealkylation sites (tertiary alicyclic amines) is 1. The Kier molecular flexibility index (Phi) is 2.48. The van der Waals surface area contributed by atoms with E-state index in [0.717, 1.165) is 12.2 Å². The number of aromatic nitrogens is 2. The number of rotatable bonds is 2. The zero-order valence-corrected chi connectivity index (χ0v) is 8.92. The molecule has 5 nitrogen and oxygen atoms in total. The van der Waals surface area contributed by atoms with Gasteiger partial charge in [-0.15, -0.1) is 0 Å². The first-order chi connectivity index (χ1) is 7.08. The van der Waals surface area contributed by atoms with Gasteiger partial charge in [-0.3, -0.25) is 4.79 Å². The lowest BCUT2D eigenvalue weighted by atomic mass is 9.94. The van der Waals surface area contributed by atoms with Crippen LogP contribution in [0.15, 0.2) is 12.5 Å². The van der Waals surface area contributed by atoms with E-state index in [2.05, 4.69) is 4.98 Å². The Morgan fingerprint density at radius 1 is 1.53 bits per heavy atom. The lowest BCUT2D eigenvalue weighted by Gasteiger charge is -2.11. The van der Waals surface area contributed by atoms with Crippen molar-refractivity contribution in [2.75, 3.05) is 20.1 Å². The Balaban J connectivity index is 2.24. The van der Waals surface area contributed by atoms with E-state index in [1.165, 1.54) is 0 Å². The van der Waals surface area contributed by atoms with Crippen molar-refractivity contribution in [2.45, 2.75) is 5.92 Å². The first-order valence-corrected chi connectivity index (χ1v) is 4.97. The first-order valence-electron chi connectivity index (χ1n) is 4.97. The van der Waals surface area contributed by atoms with E-state index in [4.69, 9.17) is 5.11 Å². The van der Waals surface area contributed by atoms with E-state index >= 15 is 0 Å².